The maximum atomic E-state index is 11.7. The molecule has 0 spiro atoms. The summed E-state index contributed by atoms with van der Waals surface area (Å²) in [5, 5.41) is 3.95. The van der Waals surface area contributed by atoms with E-state index < -0.39 is 0 Å². The van der Waals surface area contributed by atoms with E-state index in [9.17, 15) is 4.79 Å². The molecule has 0 bridgehead atoms. The molecule has 1 amide bonds. The molecule has 1 aliphatic rings. The van der Waals surface area contributed by atoms with E-state index in [-0.39, 0.29) is 11.8 Å². The number of amides is 1. The molecule has 7 heteroatoms. The van der Waals surface area contributed by atoms with Crippen LogP contribution in [0.5, 0.6) is 0 Å². The summed E-state index contributed by atoms with van der Waals surface area (Å²) in [5.74, 6) is 0.603. The van der Waals surface area contributed by atoms with Crippen LogP contribution in [-0.4, -0.2) is 33.9 Å². The topological polar surface area (TPSA) is 93.8 Å². The first-order valence-electron chi connectivity index (χ1n) is 11.5. The second-order valence-corrected chi connectivity index (χ2v) is 9.10. The van der Waals surface area contributed by atoms with Gasteiger partial charge in [-0.2, -0.15) is 0 Å². The molecule has 1 atom stereocenters. The number of benzene rings is 1. The Hall–Kier alpha value is -2.83. The number of nitrogens with zero attached hydrogens (tertiary/aromatic N) is 3. The number of primary amides is 1. The molecule has 1 unspecified atom stereocenters. The Balaban J connectivity index is 1.44. The number of piperidine rings is 1. The second-order valence-electron chi connectivity index (χ2n) is 8.70. The lowest BCUT2D eigenvalue weighted by molar-refractivity contribution is -0.119. The predicted octanol–water partition coefficient (Wildman–Crippen LogP) is 3.96. The summed E-state index contributed by atoms with van der Waals surface area (Å²) in [7, 11) is 0. The molecule has 6 nitrogen and oxygen atoms in total. The second kappa shape index (κ2) is 10.9. The van der Waals surface area contributed by atoms with Crippen molar-refractivity contribution in [3.05, 3.63) is 87.7 Å². The normalized spacial score (nSPS) is 15.3. The molecule has 0 radical (unpaired) electrons. The van der Waals surface area contributed by atoms with Crippen LogP contribution in [0, 0.1) is 0 Å². The fourth-order valence-corrected chi connectivity index (χ4v) is 4.56. The van der Waals surface area contributed by atoms with E-state index in [2.05, 4.69) is 22.4 Å². The van der Waals surface area contributed by atoms with E-state index in [0.29, 0.717) is 23.8 Å². The third kappa shape index (κ3) is 5.95. The maximum Gasteiger partial charge on any atom is 0.224 e. The Labute approximate surface area is 200 Å². The molecular weight excluding hydrogens is 434 g/mol. The van der Waals surface area contributed by atoms with Gasteiger partial charge in [0.2, 0.25) is 5.91 Å². The zero-order valence-corrected chi connectivity index (χ0v) is 19.7. The van der Waals surface area contributed by atoms with Crippen LogP contribution in [0.15, 0.2) is 48.8 Å². The molecular formula is C26H30ClN5O. The number of rotatable bonds is 8. The highest BCUT2D eigenvalue weighted by molar-refractivity contribution is 6.31. The number of carbonyl (C=O) groups excluding carboxylic acids is 1. The summed E-state index contributed by atoms with van der Waals surface area (Å²) in [5.41, 5.74) is 10.6. The summed E-state index contributed by atoms with van der Waals surface area (Å²) >= 11 is 6.41. The van der Waals surface area contributed by atoms with Crippen molar-refractivity contribution in [1.29, 1.82) is 0 Å². The first-order chi connectivity index (χ1) is 16.0. The number of aromatic nitrogens is 3. The number of carbonyl (C=O) groups is 1. The number of nitrogens with two attached hydrogens (primary N) is 1. The van der Waals surface area contributed by atoms with Crippen LogP contribution in [0.2, 0.25) is 5.02 Å². The van der Waals surface area contributed by atoms with Gasteiger partial charge in [0, 0.05) is 30.4 Å². The van der Waals surface area contributed by atoms with Crippen molar-refractivity contribution in [1.82, 2.24) is 20.3 Å². The van der Waals surface area contributed by atoms with Gasteiger partial charge in [-0.15, -0.1) is 0 Å². The summed E-state index contributed by atoms with van der Waals surface area (Å²) in [6, 6.07) is 12.2. The van der Waals surface area contributed by atoms with E-state index >= 15 is 0 Å². The summed E-state index contributed by atoms with van der Waals surface area (Å²) < 4.78 is 0. The van der Waals surface area contributed by atoms with Crippen LogP contribution < -0.4 is 11.1 Å². The Morgan fingerprint density at radius 1 is 1.12 bits per heavy atom. The fraction of sp³-hybridized carbons (Fsp3) is 0.385. The van der Waals surface area contributed by atoms with Crippen LogP contribution in [0.25, 0.3) is 0 Å². The minimum Gasteiger partial charge on any atom is -0.369 e. The van der Waals surface area contributed by atoms with Crippen LogP contribution in [0.4, 0.5) is 0 Å². The molecule has 172 valence electrons. The lowest BCUT2D eigenvalue weighted by Gasteiger charge is -2.22. The van der Waals surface area contributed by atoms with Gasteiger partial charge in [0.25, 0.3) is 0 Å². The van der Waals surface area contributed by atoms with Gasteiger partial charge in [-0.3, -0.25) is 9.78 Å². The van der Waals surface area contributed by atoms with Crippen molar-refractivity contribution in [2.24, 2.45) is 5.73 Å². The van der Waals surface area contributed by atoms with Crippen LogP contribution in [0.3, 0.4) is 0 Å². The minimum atomic E-state index is -0.335. The first-order valence-corrected chi connectivity index (χ1v) is 11.9. The number of hydrogen-bond acceptors (Lipinski definition) is 5. The average Bonchev–Trinajstić information content (AvgIpc) is 2.85. The smallest absolute Gasteiger partial charge is 0.224 e. The van der Waals surface area contributed by atoms with E-state index in [1.807, 2.05) is 37.4 Å². The molecule has 1 aromatic carbocycles. The monoisotopic (exact) mass is 463 g/mol. The zero-order chi connectivity index (χ0) is 23.2. The van der Waals surface area contributed by atoms with Gasteiger partial charge in [0.05, 0.1) is 16.6 Å². The first kappa shape index (κ1) is 23.3. The summed E-state index contributed by atoms with van der Waals surface area (Å²) in [6.07, 6.45) is 7.87. The number of aryl methyl sites for hydroxylation is 2. The third-order valence-corrected chi connectivity index (χ3v) is 6.73. The molecule has 0 aliphatic carbocycles. The molecule has 2 aromatic heterocycles. The number of hydrogen-bond donors (Lipinski definition) is 2. The Morgan fingerprint density at radius 3 is 2.64 bits per heavy atom. The quantitative estimate of drug-likeness (QED) is 0.527. The Kier molecular flexibility index (Phi) is 7.68. The number of halogens is 1. The highest BCUT2D eigenvalue weighted by Gasteiger charge is 2.17. The Bertz CT molecular complexity index is 1100. The van der Waals surface area contributed by atoms with E-state index in [4.69, 9.17) is 27.3 Å². The molecule has 0 saturated carbocycles. The van der Waals surface area contributed by atoms with Crippen LogP contribution in [0.1, 0.15) is 65.5 Å². The van der Waals surface area contributed by atoms with Gasteiger partial charge in [0.15, 0.2) is 0 Å². The largest absolute Gasteiger partial charge is 0.369 e. The van der Waals surface area contributed by atoms with Gasteiger partial charge in [-0.05, 0) is 68.5 Å². The molecule has 3 N–H and O–H groups in total. The van der Waals surface area contributed by atoms with Crippen molar-refractivity contribution < 1.29 is 4.79 Å². The van der Waals surface area contributed by atoms with Crippen molar-refractivity contribution in [3.8, 4) is 0 Å². The van der Waals surface area contributed by atoms with Gasteiger partial charge in [-0.1, -0.05) is 41.9 Å². The van der Waals surface area contributed by atoms with Crippen molar-refractivity contribution in [3.63, 3.8) is 0 Å². The molecule has 3 heterocycles. The van der Waals surface area contributed by atoms with Gasteiger partial charge < -0.3 is 11.1 Å². The maximum absolute atomic E-state index is 11.7. The van der Waals surface area contributed by atoms with Crippen molar-refractivity contribution >= 4 is 17.5 Å². The Morgan fingerprint density at radius 2 is 1.91 bits per heavy atom. The van der Waals surface area contributed by atoms with Crippen molar-refractivity contribution in [2.45, 2.75) is 50.9 Å². The molecule has 33 heavy (non-hydrogen) atoms. The van der Waals surface area contributed by atoms with Gasteiger partial charge in [0.1, 0.15) is 5.82 Å². The zero-order valence-electron chi connectivity index (χ0n) is 18.9. The van der Waals surface area contributed by atoms with Crippen LogP contribution >= 0.6 is 11.6 Å². The molecule has 1 aliphatic heterocycles. The standard InChI is InChI=1S/C26H30ClN5O/c1-17(26(28)33)21-5-3-2-4-19(21)7-9-24-22(27)16-31-25(32-24)14-18-6-8-23(30-15-18)20-10-12-29-13-11-20/h2-6,8,15-17,20,29H,7,9-14H2,1H3,(H2,28,33). The molecule has 1 saturated heterocycles. The summed E-state index contributed by atoms with van der Waals surface area (Å²) in [4.78, 5) is 25.6. The average molecular weight is 464 g/mol. The molecule has 4 rings (SSSR count). The fourth-order valence-electron chi connectivity index (χ4n) is 4.38. The third-order valence-electron chi connectivity index (χ3n) is 6.41. The van der Waals surface area contributed by atoms with E-state index in [0.717, 1.165) is 60.6 Å². The SMILES string of the molecule is CC(C(N)=O)c1ccccc1CCc1nc(Cc2ccc(C3CCNCC3)nc2)ncc1Cl. The number of pyridine rings is 1. The van der Waals surface area contributed by atoms with E-state index in [1.54, 1.807) is 6.20 Å². The lowest BCUT2D eigenvalue weighted by atomic mass is 9.92. The summed E-state index contributed by atoms with van der Waals surface area (Å²) in [6.45, 7) is 3.95. The van der Waals surface area contributed by atoms with Crippen molar-refractivity contribution in [2.75, 3.05) is 13.1 Å². The predicted molar refractivity (Wildman–Crippen MR) is 130 cm³/mol. The van der Waals surface area contributed by atoms with Gasteiger partial charge >= 0.3 is 0 Å². The minimum absolute atomic E-state index is 0.329. The highest BCUT2D eigenvalue weighted by Crippen LogP contribution is 2.25. The number of nitrogens with one attached hydrogen (secondary N) is 1. The molecule has 1 fully saturated rings. The lowest BCUT2D eigenvalue weighted by Crippen LogP contribution is -2.27. The molecule has 3 aromatic rings. The van der Waals surface area contributed by atoms with Gasteiger partial charge in [-0.25, -0.2) is 9.97 Å². The highest BCUT2D eigenvalue weighted by atomic mass is 35.5. The van der Waals surface area contributed by atoms with E-state index in [1.165, 1.54) is 5.69 Å². The van der Waals surface area contributed by atoms with Crippen LogP contribution in [-0.2, 0) is 24.1 Å².